The van der Waals surface area contributed by atoms with Crippen LogP contribution in [0.5, 0.6) is 5.75 Å². The topological polar surface area (TPSA) is 241 Å². The molecule has 9 N–H and O–H groups in total. The molecule has 0 bridgehead atoms. The number of benzene rings is 2. The predicted molar refractivity (Wildman–Crippen MR) is 173 cm³/mol. The average molecular weight is 687 g/mol. The van der Waals surface area contributed by atoms with E-state index in [4.69, 9.17) is 15.2 Å². The van der Waals surface area contributed by atoms with Crippen LogP contribution in [0.4, 0.5) is 0 Å². The third-order valence-electron chi connectivity index (χ3n) is 8.76. The van der Waals surface area contributed by atoms with E-state index in [2.05, 4.69) is 10.6 Å². The van der Waals surface area contributed by atoms with Crippen LogP contribution < -0.4 is 16.4 Å². The van der Waals surface area contributed by atoms with Gasteiger partial charge in [0.1, 0.15) is 54.9 Å². The maximum absolute atomic E-state index is 13.7. The molecule has 2 aliphatic rings. The van der Waals surface area contributed by atoms with Crippen LogP contribution >= 0.6 is 0 Å². The number of phenols is 1. The quantitative estimate of drug-likeness (QED) is 0.112. The van der Waals surface area contributed by atoms with Gasteiger partial charge in [0.2, 0.25) is 17.7 Å². The van der Waals surface area contributed by atoms with E-state index < -0.39 is 91.1 Å². The Morgan fingerprint density at radius 3 is 2.22 bits per heavy atom. The molecule has 15 nitrogen and oxygen atoms in total. The number of rotatable bonds is 13. The van der Waals surface area contributed by atoms with Crippen LogP contribution in [0.1, 0.15) is 37.8 Å². The van der Waals surface area contributed by atoms with Crippen molar-refractivity contribution in [2.24, 2.45) is 11.7 Å². The minimum atomic E-state index is -1.81. The van der Waals surface area contributed by atoms with Crippen molar-refractivity contribution in [2.45, 2.75) is 94.4 Å². The van der Waals surface area contributed by atoms with Gasteiger partial charge in [-0.05, 0) is 48.4 Å². The fourth-order valence-corrected chi connectivity index (χ4v) is 5.89. The molecule has 4 rings (SSSR count). The molecular formula is C34H46N4O11. The van der Waals surface area contributed by atoms with E-state index in [0.717, 1.165) is 11.1 Å². The first-order valence-corrected chi connectivity index (χ1v) is 16.3. The summed E-state index contributed by atoms with van der Waals surface area (Å²) in [6, 6.07) is 11.1. The number of aliphatic hydroxyl groups is 4. The second kappa shape index (κ2) is 17.0. The van der Waals surface area contributed by atoms with Gasteiger partial charge in [0.05, 0.1) is 6.04 Å². The van der Waals surface area contributed by atoms with Crippen molar-refractivity contribution in [1.82, 2.24) is 15.5 Å². The van der Waals surface area contributed by atoms with Crippen molar-refractivity contribution in [2.75, 3.05) is 13.2 Å². The molecule has 49 heavy (non-hydrogen) atoms. The number of carbonyl (C=O) groups is 4. The number of aromatic hydroxyl groups is 1. The van der Waals surface area contributed by atoms with E-state index >= 15 is 0 Å². The van der Waals surface area contributed by atoms with Gasteiger partial charge < -0.3 is 56.3 Å². The highest BCUT2D eigenvalue weighted by atomic mass is 16.6. The zero-order valence-electron chi connectivity index (χ0n) is 27.4. The Balaban J connectivity index is 1.43. The Kier molecular flexibility index (Phi) is 13.1. The van der Waals surface area contributed by atoms with Crippen molar-refractivity contribution < 1.29 is 54.2 Å². The van der Waals surface area contributed by atoms with Crippen molar-refractivity contribution in [3.05, 3.63) is 65.7 Å². The molecule has 0 saturated carbocycles. The molecule has 2 aromatic carbocycles. The number of ether oxygens (including phenoxy) is 2. The Labute approximate surface area is 284 Å². The van der Waals surface area contributed by atoms with E-state index in [9.17, 15) is 44.7 Å². The molecule has 9 atom stereocenters. The standard InChI is InChI=1S/C34H46N4O11/c1-18(2)26(33(46)48-17-25-27(40)28(41)29(42)34(47)49-25)37-30(43)23(16-19-7-4-3-5-8-19)36-31(44)24-9-6-14-38(24)32(45)22(35)15-20-10-12-21(39)13-11-20/h3-5,7-8,10-13,18,22-29,34,39-42,47H,6,9,14-17,35H2,1-2H3,(H,36,44)(H,37,43)/t22-,23-,24-,25+,26-,27+,28-,29+,34?/m0/s1. The summed E-state index contributed by atoms with van der Waals surface area (Å²) >= 11 is 0. The summed E-state index contributed by atoms with van der Waals surface area (Å²) in [5.41, 5.74) is 7.71. The van der Waals surface area contributed by atoms with E-state index in [1.807, 2.05) is 0 Å². The van der Waals surface area contributed by atoms with Crippen LogP contribution in [0, 0.1) is 5.92 Å². The van der Waals surface area contributed by atoms with Crippen LogP contribution in [0.25, 0.3) is 0 Å². The lowest BCUT2D eigenvalue weighted by atomic mass is 9.99. The number of nitrogens with zero attached hydrogens (tertiary/aromatic N) is 1. The van der Waals surface area contributed by atoms with Gasteiger partial charge in [-0.2, -0.15) is 0 Å². The van der Waals surface area contributed by atoms with Crippen LogP contribution in [-0.2, 0) is 41.5 Å². The molecule has 2 aromatic rings. The van der Waals surface area contributed by atoms with Gasteiger partial charge in [-0.1, -0.05) is 56.3 Å². The van der Waals surface area contributed by atoms with Gasteiger partial charge in [0.25, 0.3) is 0 Å². The summed E-state index contributed by atoms with van der Waals surface area (Å²) < 4.78 is 10.3. The zero-order chi connectivity index (χ0) is 35.8. The number of esters is 1. The Bertz CT molecular complexity index is 1430. The number of amides is 3. The molecule has 15 heteroatoms. The van der Waals surface area contributed by atoms with Gasteiger partial charge in [0, 0.05) is 13.0 Å². The molecule has 268 valence electrons. The Morgan fingerprint density at radius 1 is 0.918 bits per heavy atom. The molecule has 2 fully saturated rings. The third-order valence-corrected chi connectivity index (χ3v) is 8.76. The van der Waals surface area contributed by atoms with Crippen LogP contribution in [0.3, 0.4) is 0 Å². The molecule has 0 aliphatic carbocycles. The molecular weight excluding hydrogens is 640 g/mol. The van der Waals surface area contributed by atoms with Gasteiger partial charge >= 0.3 is 5.97 Å². The van der Waals surface area contributed by atoms with E-state index in [0.29, 0.717) is 19.4 Å². The molecule has 0 aromatic heterocycles. The summed E-state index contributed by atoms with van der Waals surface area (Å²) in [6.07, 6.45) is -7.13. The summed E-state index contributed by atoms with van der Waals surface area (Å²) in [4.78, 5) is 55.3. The highest BCUT2D eigenvalue weighted by molar-refractivity contribution is 5.94. The highest BCUT2D eigenvalue weighted by Gasteiger charge is 2.44. The summed E-state index contributed by atoms with van der Waals surface area (Å²) in [5.74, 6) is -2.95. The molecule has 2 saturated heterocycles. The first kappa shape index (κ1) is 37.7. The maximum Gasteiger partial charge on any atom is 0.328 e. The smallest absolute Gasteiger partial charge is 0.328 e. The van der Waals surface area contributed by atoms with Crippen molar-refractivity contribution in [3.8, 4) is 5.75 Å². The molecule has 3 amide bonds. The normalized spacial score (nSPS) is 25.7. The lowest BCUT2D eigenvalue weighted by Crippen LogP contribution is -2.59. The minimum Gasteiger partial charge on any atom is -0.508 e. The summed E-state index contributed by atoms with van der Waals surface area (Å²) in [5, 5.41) is 54.6. The van der Waals surface area contributed by atoms with Gasteiger partial charge in [-0.25, -0.2) is 4.79 Å². The van der Waals surface area contributed by atoms with E-state index in [1.54, 1.807) is 56.3 Å². The SMILES string of the molecule is CC(C)[C@H](NC(=O)[C@H](Cc1ccccc1)NC(=O)[C@@H]1CCCN1C(=O)[C@@H](N)Cc1ccc(O)cc1)C(=O)OC[C@H]1OC(O)[C@H](O)[C@@H](O)[C@@H]1O. The highest BCUT2D eigenvalue weighted by Crippen LogP contribution is 2.22. The van der Waals surface area contributed by atoms with Crippen molar-refractivity contribution in [1.29, 1.82) is 0 Å². The van der Waals surface area contributed by atoms with Crippen LogP contribution in [0.15, 0.2) is 54.6 Å². The lowest BCUT2D eigenvalue weighted by Gasteiger charge is -2.38. The lowest BCUT2D eigenvalue weighted by molar-refractivity contribution is -0.287. The Hall–Kier alpha value is -4.12. The van der Waals surface area contributed by atoms with Crippen LogP contribution in [-0.4, -0.2) is 122 Å². The predicted octanol–water partition coefficient (Wildman–Crippen LogP) is -1.54. The second-order valence-electron chi connectivity index (χ2n) is 12.8. The van der Waals surface area contributed by atoms with Gasteiger partial charge in [-0.3, -0.25) is 14.4 Å². The summed E-state index contributed by atoms with van der Waals surface area (Å²) in [6.45, 7) is 3.04. The van der Waals surface area contributed by atoms with E-state index in [-0.39, 0.29) is 18.6 Å². The molecule has 0 spiro atoms. The molecule has 2 heterocycles. The molecule has 1 unspecified atom stereocenters. The summed E-state index contributed by atoms with van der Waals surface area (Å²) in [7, 11) is 0. The van der Waals surface area contributed by atoms with Gasteiger partial charge in [0.15, 0.2) is 6.29 Å². The molecule has 2 aliphatic heterocycles. The number of nitrogens with one attached hydrogen (secondary N) is 2. The molecule has 0 radical (unpaired) electrons. The Morgan fingerprint density at radius 2 is 1.57 bits per heavy atom. The fourth-order valence-electron chi connectivity index (χ4n) is 5.89. The second-order valence-corrected chi connectivity index (χ2v) is 12.8. The zero-order valence-corrected chi connectivity index (χ0v) is 27.4. The maximum atomic E-state index is 13.7. The number of carbonyl (C=O) groups excluding carboxylic acids is 4. The number of phenolic OH excluding ortho intramolecular Hbond substituents is 1. The number of likely N-dealkylation sites (tertiary alicyclic amines) is 1. The minimum absolute atomic E-state index is 0.0690. The first-order valence-electron chi connectivity index (χ1n) is 16.3. The largest absolute Gasteiger partial charge is 0.508 e. The number of hydrogen-bond acceptors (Lipinski definition) is 12. The number of aliphatic hydroxyl groups excluding tert-OH is 4. The van der Waals surface area contributed by atoms with Crippen molar-refractivity contribution in [3.63, 3.8) is 0 Å². The number of nitrogens with two attached hydrogens (primary N) is 1. The third kappa shape index (κ3) is 9.74. The van der Waals surface area contributed by atoms with Crippen molar-refractivity contribution >= 4 is 23.7 Å². The first-order chi connectivity index (χ1) is 23.3. The number of hydrogen-bond donors (Lipinski definition) is 8. The van der Waals surface area contributed by atoms with Gasteiger partial charge in [-0.15, -0.1) is 0 Å². The van der Waals surface area contributed by atoms with Crippen LogP contribution in [0.2, 0.25) is 0 Å². The van der Waals surface area contributed by atoms with E-state index in [1.165, 1.54) is 17.0 Å². The average Bonchev–Trinajstić information content (AvgIpc) is 3.58. The monoisotopic (exact) mass is 686 g/mol. The fraction of sp³-hybridized carbons (Fsp3) is 0.529.